The van der Waals surface area contributed by atoms with Crippen molar-refractivity contribution in [2.45, 2.75) is 13.8 Å². The van der Waals surface area contributed by atoms with Crippen molar-refractivity contribution < 1.29 is 19.1 Å². The highest BCUT2D eigenvalue weighted by atomic mass is 16.5. The Bertz CT molecular complexity index is 234. The van der Waals surface area contributed by atoms with Crippen LogP contribution in [0.1, 0.15) is 13.8 Å². The molecular formula is C10H17NO4. The maximum absolute atomic E-state index is 11.5. The van der Waals surface area contributed by atoms with E-state index in [1.807, 2.05) is 0 Å². The molecule has 1 aliphatic heterocycles. The number of ether oxygens (including phenoxy) is 2. The van der Waals surface area contributed by atoms with Crippen molar-refractivity contribution in [3.05, 3.63) is 0 Å². The second kappa shape index (κ2) is 5.70. The lowest BCUT2D eigenvalue weighted by Gasteiger charge is -2.26. The lowest BCUT2D eigenvalue weighted by molar-refractivity contribution is -0.156. The van der Waals surface area contributed by atoms with Crippen molar-refractivity contribution in [1.82, 2.24) is 4.90 Å². The van der Waals surface area contributed by atoms with Crippen LogP contribution in [0.4, 0.5) is 0 Å². The van der Waals surface area contributed by atoms with Crippen LogP contribution >= 0.6 is 0 Å². The zero-order valence-corrected chi connectivity index (χ0v) is 9.19. The molecule has 0 radical (unpaired) electrons. The van der Waals surface area contributed by atoms with Crippen molar-refractivity contribution in [3.63, 3.8) is 0 Å². The molecule has 1 fully saturated rings. The third-order valence-electron chi connectivity index (χ3n) is 2.17. The molecule has 0 bridgehead atoms. The van der Waals surface area contributed by atoms with Crippen molar-refractivity contribution >= 4 is 11.9 Å². The molecule has 0 aliphatic carbocycles. The van der Waals surface area contributed by atoms with Crippen LogP contribution in [-0.2, 0) is 19.1 Å². The summed E-state index contributed by atoms with van der Waals surface area (Å²) in [4.78, 5) is 24.3. The maximum Gasteiger partial charge on any atom is 0.308 e. The summed E-state index contributed by atoms with van der Waals surface area (Å²) in [6.07, 6.45) is 0. The molecule has 0 aromatic heterocycles. The topological polar surface area (TPSA) is 55.8 Å². The average molecular weight is 215 g/mol. The quantitative estimate of drug-likeness (QED) is 0.624. The molecular weight excluding hydrogens is 198 g/mol. The van der Waals surface area contributed by atoms with E-state index in [1.165, 1.54) is 0 Å². The molecule has 0 atom stereocenters. The predicted molar refractivity (Wildman–Crippen MR) is 53.2 cm³/mol. The Morgan fingerprint density at radius 2 is 1.93 bits per heavy atom. The van der Waals surface area contributed by atoms with Crippen molar-refractivity contribution in [3.8, 4) is 0 Å². The van der Waals surface area contributed by atoms with E-state index >= 15 is 0 Å². The summed E-state index contributed by atoms with van der Waals surface area (Å²) in [5.41, 5.74) is 0. The van der Waals surface area contributed by atoms with E-state index in [9.17, 15) is 9.59 Å². The van der Waals surface area contributed by atoms with Gasteiger partial charge >= 0.3 is 5.97 Å². The van der Waals surface area contributed by atoms with E-state index in [1.54, 1.807) is 18.7 Å². The van der Waals surface area contributed by atoms with Gasteiger partial charge in [-0.3, -0.25) is 9.59 Å². The largest absolute Gasteiger partial charge is 0.455 e. The molecule has 0 N–H and O–H groups in total. The van der Waals surface area contributed by atoms with Gasteiger partial charge in [-0.2, -0.15) is 0 Å². The Kier molecular flexibility index (Phi) is 4.55. The predicted octanol–water partition coefficient (Wildman–Crippen LogP) is 0.0444. The van der Waals surface area contributed by atoms with Crippen molar-refractivity contribution in [1.29, 1.82) is 0 Å². The maximum atomic E-state index is 11.5. The SMILES string of the molecule is CC(C)C(=O)OCC(=O)N1CCOCC1. The Hall–Kier alpha value is -1.10. The molecule has 1 aliphatic rings. The highest BCUT2D eigenvalue weighted by Crippen LogP contribution is 2.00. The summed E-state index contributed by atoms with van der Waals surface area (Å²) in [6, 6.07) is 0. The van der Waals surface area contributed by atoms with Gasteiger partial charge in [0, 0.05) is 13.1 Å². The third kappa shape index (κ3) is 3.87. The average Bonchev–Trinajstić information content (AvgIpc) is 2.26. The van der Waals surface area contributed by atoms with E-state index in [2.05, 4.69) is 0 Å². The first kappa shape index (κ1) is 12.0. The fraction of sp³-hybridized carbons (Fsp3) is 0.800. The summed E-state index contributed by atoms with van der Waals surface area (Å²) in [6.45, 7) is 5.60. The van der Waals surface area contributed by atoms with Crippen LogP contribution in [0, 0.1) is 5.92 Å². The van der Waals surface area contributed by atoms with Crippen LogP contribution in [0.5, 0.6) is 0 Å². The number of carbonyl (C=O) groups excluding carboxylic acids is 2. The number of carbonyl (C=O) groups is 2. The Morgan fingerprint density at radius 3 is 2.47 bits per heavy atom. The molecule has 1 rings (SSSR count). The molecule has 5 nitrogen and oxygen atoms in total. The van der Waals surface area contributed by atoms with Gasteiger partial charge in [-0.25, -0.2) is 0 Å². The number of morpholine rings is 1. The van der Waals surface area contributed by atoms with Crippen LogP contribution in [0.25, 0.3) is 0 Å². The van der Waals surface area contributed by atoms with Gasteiger partial charge in [0.05, 0.1) is 19.1 Å². The number of esters is 1. The fourth-order valence-corrected chi connectivity index (χ4v) is 1.20. The van der Waals surface area contributed by atoms with Gasteiger partial charge in [0.25, 0.3) is 5.91 Å². The van der Waals surface area contributed by atoms with Crippen molar-refractivity contribution in [2.24, 2.45) is 5.92 Å². The number of rotatable bonds is 3. The Balaban J connectivity index is 2.26. The fourth-order valence-electron chi connectivity index (χ4n) is 1.20. The normalized spacial score (nSPS) is 16.6. The highest BCUT2D eigenvalue weighted by molar-refractivity contribution is 5.81. The van der Waals surface area contributed by atoms with Crippen LogP contribution in [0.2, 0.25) is 0 Å². The lowest BCUT2D eigenvalue weighted by atomic mass is 10.2. The number of amides is 1. The molecule has 0 spiro atoms. The van der Waals surface area contributed by atoms with Gasteiger partial charge in [-0.05, 0) is 0 Å². The van der Waals surface area contributed by atoms with Crippen LogP contribution < -0.4 is 0 Å². The number of hydrogen-bond acceptors (Lipinski definition) is 4. The van der Waals surface area contributed by atoms with E-state index < -0.39 is 0 Å². The van der Waals surface area contributed by atoms with Gasteiger partial charge in [0.1, 0.15) is 0 Å². The molecule has 1 saturated heterocycles. The van der Waals surface area contributed by atoms with E-state index in [0.717, 1.165) is 0 Å². The van der Waals surface area contributed by atoms with Crippen LogP contribution in [-0.4, -0.2) is 49.7 Å². The van der Waals surface area contributed by atoms with Gasteiger partial charge < -0.3 is 14.4 Å². The summed E-state index contributed by atoms with van der Waals surface area (Å²) in [5, 5.41) is 0. The molecule has 0 aromatic carbocycles. The molecule has 0 saturated carbocycles. The lowest BCUT2D eigenvalue weighted by Crippen LogP contribution is -2.42. The molecule has 86 valence electrons. The number of hydrogen-bond donors (Lipinski definition) is 0. The first-order valence-corrected chi connectivity index (χ1v) is 5.13. The minimum atomic E-state index is -0.336. The van der Waals surface area contributed by atoms with Crippen LogP contribution in [0.15, 0.2) is 0 Å². The first-order valence-electron chi connectivity index (χ1n) is 5.13. The smallest absolute Gasteiger partial charge is 0.308 e. The molecule has 5 heteroatoms. The standard InChI is InChI=1S/C10H17NO4/c1-8(2)10(13)15-7-9(12)11-3-5-14-6-4-11/h8H,3-7H2,1-2H3. The zero-order valence-electron chi connectivity index (χ0n) is 9.19. The summed E-state index contributed by atoms with van der Waals surface area (Å²) in [7, 11) is 0. The third-order valence-corrected chi connectivity index (χ3v) is 2.17. The second-order valence-electron chi connectivity index (χ2n) is 3.76. The van der Waals surface area contributed by atoms with Crippen LogP contribution in [0.3, 0.4) is 0 Å². The van der Waals surface area contributed by atoms with Gasteiger partial charge in [-0.1, -0.05) is 13.8 Å². The molecule has 1 amide bonds. The van der Waals surface area contributed by atoms with Gasteiger partial charge in [-0.15, -0.1) is 0 Å². The molecule has 1 heterocycles. The van der Waals surface area contributed by atoms with Crippen molar-refractivity contribution in [2.75, 3.05) is 32.9 Å². The molecule has 0 unspecified atom stereocenters. The Morgan fingerprint density at radius 1 is 1.33 bits per heavy atom. The minimum absolute atomic E-state index is 0.146. The number of nitrogens with zero attached hydrogens (tertiary/aromatic N) is 1. The summed E-state index contributed by atoms with van der Waals surface area (Å²) >= 11 is 0. The first-order chi connectivity index (χ1) is 7.11. The van der Waals surface area contributed by atoms with E-state index in [4.69, 9.17) is 9.47 Å². The van der Waals surface area contributed by atoms with Gasteiger partial charge in [0.15, 0.2) is 6.61 Å². The monoisotopic (exact) mass is 215 g/mol. The zero-order chi connectivity index (χ0) is 11.3. The summed E-state index contributed by atoms with van der Waals surface area (Å²) < 4.78 is 9.96. The highest BCUT2D eigenvalue weighted by Gasteiger charge is 2.18. The van der Waals surface area contributed by atoms with E-state index in [-0.39, 0.29) is 24.4 Å². The molecule has 15 heavy (non-hydrogen) atoms. The minimum Gasteiger partial charge on any atom is -0.455 e. The Labute approximate surface area is 89.3 Å². The second-order valence-corrected chi connectivity index (χ2v) is 3.76. The van der Waals surface area contributed by atoms with E-state index in [0.29, 0.717) is 26.3 Å². The molecule has 0 aromatic rings. The summed E-state index contributed by atoms with van der Waals surface area (Å²) in [5.74, 6) is -0.675. The van der Waals surface area contributed by atoms with Gasteiger partial charge in [0.2, 0.25) is 0 Å².